The number of aldehydes is 1. The van der Waals surface area contributed by atoms with Crippen LogP contribution in [0.5, 0.6) is 0 Å². The van der Waals surface area contributed by atoms with Crippen molar-refractivity contribution in [1.29, 1.82) is 0 Å². The fraction of sp³-hybridized carbons (Fsp3) is 0.385. The van der Waals surface area contributed by atoms with Crippen LogP contribution in [0.2, 0.25) is 0 Å². The number of carbonyl (C=O) groups excluding carboxylic acids is 1. The Labute approximate surface area is 96.8 Å². The van der Waals surface area contributed by atoms with Crippen LogP contribution in [0.4, 0.5) is 5.69 Å². The number of nitrogens with zero attached hydrogens (tertiary/aromatic N) is 2. The third-order valence-electron chi connectivity index (χ3n) is 2.60. The Balaban J connectivity index is 3.02. The van der Waals surface area contributed by atoms with Crippen molar-refractivity contribution in [1.82, 2.24) is 4.90 Å². The molecule has 1 aromatic rings. The van der Waals surface area contributed by atoms with Gasteiger partial charge in [-0.25, -0.2) is 4.99 Å². The van der Waals surface area contributed by atoms with Crippen LogP contribution in [0.1, 0.15) is 28.4 Å². The first kappa shape index (κ1) is 12.4. The molecule has 0 radical (unpaired) electrons. The fourth-order valence-electron chi connectivity index (χ4n) is 1.33. The number of benzene rings is 1. The van der Waals surface area contributed by atoms with Gasteiger partial charge in [0.2, 0.25) is 0 Å². The van der Waals surface area contributed by atoms with Crippen LogP contribution >= 0.6 is 0 Å². The molecule has 3 heteroatoms. The summed E-state index contributed by atoms with van der Waals surface area (Å²) in [5, 5.41) is 0. The van der Waals surface area contributed by atoms with E-state index in [-0.39, 0.29) is 0 Å². The van der Waals surface area contributed by atoms with Gasteiger partial charge in [-0.2, -0.15) is 0 Å². The standard InChI is InChI=1S/C13H18N2O/c1-5-15(4)9-14-13-7-10(2)12(8-16)6-11(13)3/h6-9H,5H2,1-4H3. The van der Waals surface area contributed by atoms with Gasteiger partial charge >= 0.3 is 0 Å². The van der Waals surface area contributed by atoms with Gasteiger partial charge in [-0.05, 0) is 44.0 Å². The van der Waals surface area contributed by atoms with Crippen molar-refractivity contribution in [3.63, 3.8) is 0 Å². The van der Waals surface area contributed by atoms with Crippen molar-refractivity contribution >= 4 is 18.3 Å². The van der Waals surface area contributed by atoms with Crippen molar-refractivity contribution < 1.29 is 4.79 Å². The fourth-order valence-corrected chi connectivity index (χ4v) is 1.33. The van der Waals surface area contributed by atoms with Crippen molar-refractivity contribution in [3.05, 3.63) is 28.8 Å². The van der Waals surface area contributed by atoms with E-state index in [0.29, 0.717) is 0 Å². The number of aliphatic imine (C=N–C) groups is 1. The lowest BCUT2D eigenvalue weighted by molar-refractivity contribution is 0.112. The summed E-state index contributed by atoms with van der Waals surface area (Å²) in [6, 6.07) is 3.82. The monoisotopic (exact) mass is 218 g/mol. The highest BCUT2D eigenvalue weighted by atomic mass is 16.1. The molecule has 0 atom stereocenters. The van der Waals surface area contributed by atoms with Gasteiger partial charge in [-0.15, -0.1) is 0 Å². The van der Waals surface area contributed by atoms with E-state index in [1.165, 1.54) is 0 Å². The molecule has 86 valence electrons. The van der Waals surface area contributed by atoms with Gasteiger partial charge in [-0.3, -0.25) is 4.79 Å². The van der Waals surface area contributed by atoms with Gasteiger partial charge in [0.05, 0.1) is 12.0 Å². The number of hydrogen-bond donors (Lipinski definition) is 0. The summed E-state index contributed by atoms with van der Waals surface area (Å²) >= 11 is 0. The zero-order valence-electron chi connectivity index (χ0n) is 10.3. The van der Waals surface area contributed by atoms with Gasteiger partial charge in [0.15, 0.2) is 0 Å². The van der Waals surface area contributed by atoms with E-state index < -0.39 is 0 Å². The molecule has 0 N–H and O–H groups in total. The summed E-state index contributed by atoms with van der Waals surface area (Å²) in [5.41, 5.74) is 3.64. The van der Waals surface area contributed by atoms with Gasteiger partial charge < -0.3 is 4.90 Å². The van der Waals surface area contributed by atoms with Crippen molar-refractivity contribution in [3.8, 4) is 0 Å². The third-order valence-corrected chi connectivity index (χ3v) is 2.60. The van der Waals surface area contributed by atoms with Gasteiger partial charge in [0.25, 0.3) is 0 Å². The molecule has 0 heterocycles. The number of hydrogen-bond acceptors (Lipinski definition) is 2. The first-order valence-electron chi connectivity index (χ1n) is 5.39. The van der Waals surface area contributed by atoms with Gasteiger partial charge in [0.1, 0.15) is 6.29 Å². The van der Waals surface area contributed by atoms with Gasteiger partial charge in [0, 0.05) is 19.2 Å². The number of carbonyl (C=O) groups is 1. The van der Waals surface area contributed by atoms with E-state index in [1.54, 1.807) is 0 Å². The summed E-state index contributed by atoms with van der Waals surface area (Å²) in [7, 11) is 1.98. The lowest BCUT2D eigenvalue weighted by Gasteiger charge is -2.09. The van der Waals surface area contributed by atoms with E-state index in [4.69, 9.17) is 0 Å². The average Bonchev–Trinajstić information content (AvgIpc) is 2.29. The minimum absolute atomic E-state index is 0.736. The van der Waals surface area contributed by atoms with Crippen LogP contribution in [0.15, 0.2) is 17.1 Å². The summed E-state index contributed by atoms with van der Waals surface area (Å²) < 4.78 is 0. The summed E-state index contributed by atoms with van der Waals surface area (Å²) in [6.07, 6.45) is 2.69. The van der Waals surface area contributed by atoms with E-state index >= 15 is 0 Å². The Morgan fingerprint density at radius 2 is 2.00 bits per heavy atom. The second kappa shape index (κ2) is 5.45. The van der Waals surface area contributed by atoms with E-state index in [9.17, 15) is 4.79 Å². The maximum absolute atomic E-state index is 10.8. The molecule has 0 amide bonds. The zero-order chi connectivity index (χ0) is 12.1. The normalized spacial score (nSPS) is 10.8. The molecule has 0 aromatic heterocycles. The highest BCUT2D eigenvalue weighted by Crippen LogP contribution is 2.22. The predicted molar refractivity (Wildman–Crippen MR) is 67.8 cm³/mol. The summed E-state index contributed by atoms with van der Waals surface area (Å²) in [4.78, 5) is 17.2. The Morgan fingerprint density at radius 3 is 2.56 bits per heavy atom. The molecule has 0 aliphatic carbocycles. The van der Waals surface area contributed by atoms with Crippen LogP contribution < -0.4 is 0 Å². The highest BCUT2D eigenvalue weighted by molar-refractivity contribution is 5.79. The maximum Gasteiger partial charge on any atom is 0.150 e. The Kier molecular flexibility index (Phi) is 4.23. The van der Waals surface area contributed by atoms with Crippen molar-refractivity contribution in [2.24, 2.45) is 4.99 Å². The molecule has 1 aromatic carbocycles. The maximum atomic E-state index is 10.8. The second-order valence-electron chi connectivity index (χ2n) is 3.93. The number of rotatable bonds is 4. The molecular formula is C13H18N2O. The highest BCUT2D eigenvalue weighted by Gasteiger charge is 2.02. The van der Waals surface area contributed by atoms with Gasteiger partial charge in [-0.1, -0.05) is 0 Å². The van der Waals surface area contributed by atoms with Crippen molar-refractivity contribution in [2.45, 2.75) is 20.8 Å². The molecular weight excluding hydrogens is 200 g/mol. The minimum Gasteiger partial charge on any atom is -0.366 e. The molecule has 16 heavy (non-hydrogen) atoms. The smallest absolute Gasteiger partial charge is 0.150 e. The SMILES string of the molecule is CCN(C)C=Nc1cc(C)c(C=O)cc1C. The molecule has 1 rings (SSSR count). The van der Waals surface area contributed by atoms with E-state index in [1.807, 2.05) is 44.3 Å². The minimum atomic E-state index is 0.736. The van der Waals surface area contributed by atoms with Crippen LogP contribution in [0, 0.1) is 13.8 Å². The molecule has 0 aliphatic rings. The predicted octanol–water partition coefficient (Wildman–Crippen LogP) is 2.73. The molecule has 0 fully saturated rings. The van der Waals surface area contributed by atoms with Crippen LogP contribution in [-0.2, 0) is 0 Å². The molecule has 0 aliphatic heterocycles. The largest absolute Gasteiger partial charge is 0.366 e. The first-order valence-corrected chi connectivity index (χ1v) is 5.39. The third kappa shape index (κ3) is 2.92. The lowest BCUT2D eigenvalue weighted by Crippen LogP contribution is -2.14. The Hall–Kier alpha value is -1.64. The zero-order valence-corrected chi connectivity index (χ0v) is 10.3. The molecule has 0 saturated carbocycles. The Bertz CT molecular complexity index is 411. The molecule has 0 saturated heterocycles. The lowest BCUT2D eigenvalue weighted by atomic mass is 10.1. The quantitative estimate of drug-likeness (QED) is 0.442. The molecule has 0 spiro atoms. The topological polar surface area (TPSA) is 32.7 Å². The van der Waals surface area contributed by atoms with E-state index in [0.717, 1.165) is 35.2 Å². The summed E-state index contributed by atoms with van der Waals surface area (Å²) in [6.45, 7) is 6.88. The number of aryl methyl sites for hydroxylation is 2. The van der Waals surface area contributed by atoms with Crippen LogP contribution in [0.25, 0.3) is 0 Å². The molecule has 0 unspecified atom stereocenters. The summed E-state index contributed by atoms with van der Waals surface area (Å²) in [5.74, 6) is 0. The van der Waals surface area contributed by atoms with Crippen LogP contribution in [-0.4, -0.2) is 31.1 Å². The average molecular weight is 218 g/mol. The van der Waals surface area contributed by atoms with Crippen LogP contribution in [0.3, 0.4) is 0 Å². The Morgan fingerprint density at radius 1 is 1.31 bits per heavy atom. The van der Waals surface area contributed by atoms with Crippen molar-refractivity contribution in [2.75, 3.05) is 13.6 Å². The molecule has 3 nitrogen and oxygen atoms in total. The van der Waals surface area contributed by atoms with E-state index in [2.05, 4.69) is 11.9 Å². The first-order chi connectivity index (χ1) is 7.58. The molecule has 0 bridgehead atoms. The second-order valence-corrected chi connectivity index (χ2v) is 3.93.